The molecule has 2 saturated heterocycles. The van der Waals surface area contributed by atoms with Gasteiger partial charge in [-0.1, -0.05) is 33.8 Å². The van der Waals surface area contributed by atoms with Gasteiger partial charge in [0.1, 0.15) is 12.0 Å². The summed E-state index contributed by atoms with van der Waals surface area (Å²) in [5.74, 6) is 0.973. The summed E-state index contributed by atoms with van der Waals surface area (Å²) in [6.07, 6.45) is 8.03. The summed E-state index contributed by atoms with van der Waals surface area (Å²) >= 11 is 0. The van der Waals surface area contributed by atoms with E-state index in [1.165, 1.54) is 12.8 Å². The van der Waals surface area contributed by atoms with Gasteiger partial charge < -0.3 is 9.64 Å². The molecule has 0 amide bonds. The molecule has 4 nitrogen and oxygen atoms in total. The van der Waals surface area contributed by atoms with Crippen molar-refractivity contribution < 1.29 is 19.2 Å². The third-order valence-electron chi connectivity index (χ3n) is 7.85. The number of nitrogens with one attached hydrogen (secondary N) is 1. The average molecular weight is 387 g/mol. The fraction of sp³-hybridized carbons (Fsp3) is 0.750. The number of ketones is 1. The normalized spacial score (nSPS) is 42.7. The van der Waals surface area contributed by atoms with Gasteiger partial charge >= 0.3 is 5.97 Å². The largest absolute Gasteiger partial charge is 0.457 e. The van der Waals surface area contributed by atoms with Crippen molar-refractivity contribution in [3.63, 3.8) is 0 Å². The SMILES string of the molecule is CC1=C2[C@H]3OC(=O)[C@@H](C[NH+]4CC[C@H](C)CC(C)(C)C4)[C@@H]3CC[C@@]2(C)C=CC1=O. The van der Waals surface area contributed by atoms with Crippen LogP contribution in [0.4, 0.5) is 0 Å². The van der Waals surface area contributed by atoms with Crippen LogP contribution in [0.1, 0.15) is 60.3 Å². The zero-order valence-electron chi connectivity index (χ0n) is 18.1. The third-order valence-corrected chi connectivity index (χ3v) is 7.85. The van der Waals surface area contributed by atoms with Gasteiger partial charge in [0.05, 0.1) is 19.6 Å². The van der Waals surface area contributed by atoms with Crippen LogP contribution in [0.3, 0.4) is 0 Å². The lowest BCUT2D eigenvalue weighted by molar-refractivity contribution is -0.907. The highest BCUT2D eigenvalue weighted by atomic mass is 16.6. The number of likely N-dealkylation sites (tertiary alicyclic amines) is 1. The lowest BCUT2D eigenvalue weighted by Crippen LogP contribution is -3.13. The molecule has 0 radical (unpaired) electrons. The Hall–Kier alpha value is -1.42. The minimum Gasteiger partial charge on any atom is -0.457 e. The number of ether oxygens (including phenoxy) is 1. The van der Waals surface area contributed by atoms with Gasteiger partial charge in [-0.3, -0.25) is 9.59 Å². The molecule has 154 valence electrons. The van der Waals surface area contributed by atoms with Crippen molar-refractivity contribution >= 4 is 11.8 Å². The lowest BCUT2D eigenvalue weighted by Gasteiger charge is -2.43. The molecule has 1 N–H and O–H groups in total. The van der Waals surface area contributed by atoms with E-state index in [0.717, 1.165) is 49.5 Å². The van der Waals surface area contributed by atoms with Crippen molar-refractivity contribution in [1.29, 1.82) is 0 Å². The molecule has 3 fully saturated rings. The summed E-state index contributed by atoms with van der Waals surface area (Å²) in [6.45, 7) is 14.3. The van der Waals surface area contributed by atoms with Crippen molar-refractivity contribution in [3.8, 4) is 0 Å². The summed E-state index contributed by atoms with van der Waals surface area (Å²) in [5.41, 5.74) is 2.05. The molecule has 28 heavy (non-hydrogen) atoms. The molecule has 4 heteroatoms. The summed E-state index contributed by atoms with van der Waals surface area (Å²) in [7, 11) is 0. The molecule has 6 atom stereocenters. The summed E-state index contributed by atoms with van der Waals surface area (Å²) in [6, 6.07) is 0. The predicted octanol–water partition coefficient (Wildman–Crippen LogP) is 2.74. The van der Waals surface area contributed by atoms with Crippen molar-refractivity contribution in [2.45, 2.75) is 66.4 Å². The standard InChI is InChI=1S/C24H35NO3/c1-15-8-11-25(14-23(3,4)12-15)13-18-17-6-9-24(5)10-7-19(26)16(2)20(24)21(17)28-22(18)27/h7,10,15,17-18,21H,6,8-9,11-14H2,1-5H3/p+1/t15-,17-,18-,21-,24-/m0/s1. The molecule has 2 aliphatic heterocycles. The zero-order valence-corrected chi connectivity index (χ0v) is 18.1. The Morgan fingerprint density at radius 2 is 1.96 bits per heavy atom. The molecule has 4 aliphatic rings. The van der Waals surface area contributed by atoms with Gasteiger partial charge in [0.25, 0.3) is 0 Å². The summed E-state index contributed by atoms with van der Waals surface area (Å²) in [5, 5.41) is 0. The number of quaternary nitrogens is 1. The molecule has 4 rings (SSSR count). The molecule has 1 saturated carbocycles. The highest BCUT2D eigenvalue weighted by Gasteiger charge is 2.55. The first kappa shape index (κ1) is 19.9. The van der Waals surface area contributed by atoms with Gasteiger partial charge in [-0.05, 0) is 50.2 Å². The molecular formula is C24H36NO3+. The highest BCUT2D eigenvalue weighted by Crippen LogP contribution is 2.52. The minimum atomic E-state index is -0.205. The van der Waals surface area contributed by atoms with Crippen LogP contribution in [0.5, 0.6) is 0 Å². The van der Waals surface area contributed by atoms with E-state index in [1.54, 1.807) is 11.0 Å². The van der Waals surface area contributed by atoms with Gasteiger partial charge in [0, 0.05) is 22.3 Å². The molecule has 2 aliphatic carbocycles. The number of fused-ring (bicyclic) bond motifs is 3. The van der Waals surface area contributed by atoms with E-state index in [1.807, 2.05) is 13.0 Å². The fourth-order valence-corrected chi connectivity index (χ4v) is 6.62. The maximum absolute atomic E-state index is 12.9. The van der Waals surface area contributed by atoms with Crippen LogP contribution in [-0.2, 0) is 14.3 Å². The van der Waals surface area contributed by atoms with Gasteiger partial charge in [-0.25, -0.2) is 0 Å². The first-order valence-corrected chi connectivity index (χ1v) is 11.1. The molecule has 0 aromatic heterocycles. The first-order valence-electron chi connectivity index (χ1n) is 11.1. The van der Waals surface area contributed by atoms with E-state index in [4.69, 9.17) is 4.74 Å². The second-order valence-electron chi connectivity index (χ2n) is 11.0. The number of rotatable bonds is 2. The maximum atomic E-state index is 12.9. The smallest absolute Gasteiger partial charge is 0.315 e. The maximum Gasteiger partial charge on any atom is 0.315 e. The predicted molar refractivity (Wildman–Crippen MR) is 109 cm³/mol. The Balaban J connectivity index is 1.56. The number of allylic oxidation sites excluding steroid dienone is 3. The first-order chi connectivity index (χ1) is 13.1. The molecule has 0 aromatic carbocycles. The van der Waals surface area contributed by atoms with Crippen molar-refractivity contribution in [1.82, 2.24) is 0 Å². The second-order valence-corrected chi connectivity index (χ2v) is 11.0. The zero-order chi connectivity index (χ0) is 20.3. The van der Waals surface area contributed by atoms with Crippen molar-refractivity contribution in [3.05, 3.63) is 23.3 Å². The molecule has 1 unspecified atom stereocenters. The number of carbonyl (C=O) groups is 2. The average Bonchev–Trinajstić information content (AvgIpc) is 2.82. The van der Waals surface area contributed by atoms with Gasteiger partial charge in [-0.2, -0.15) is 0 Å². The Bertz CT molecular complexity index is 749. The van der Waals surface area contributed by atoms with Crippen LogP contribution in [0.25, 0.3) is 0 Å². The molecular weight excluding hydrogens is 350 g/mol. The van der Waals surface area contributed by atoms with Crippen LogP contribution in [0.15, 0.2) is 23.3 Å². The Labute approximate surface area is 169 Å². The Kier molecular flexibility index (Phi) is 4.85. The summed E-state index contributed by atoms with van der Waals surface area (Å²) < 4.78 is 5.98. The summed E-state index contributed by atoms with van der Waals surface area (Å²) in [4.78, 5) is 26.8. The Morgan fingerprint density at radius 1 is 1.21 bits per heavy atom. The van der Waals surface area contributed by atoms with Crippen LogP contribution < -0.4 is 4.90 Å². The van der Waals surface area contributed by atoms with E-state index < -0.39 is 0 Å². The monoisotopic (exact) mass is 386 g/mol. The second kappa shape index (κ2) is 6.83. The van der Waals surface area contributed by atoms with E-state index in [-0.39, 0.29) is 35.1 Å². The van der Waals surface area contributed by atoms with Crippen LogP contribution in [0, 0.1) is 28.6 Å². The number of hydrogen-bond donors (Lipinski definition) is 1. The van der Waals surface area contributed by atoms with Crippen LogP contribution >= 0.6 is 0 Å². The molecule has 0 bridgehead atoms. The van der Waals surface area contributed by atoms with Crippen molar-refractivity contribution in [2.75, 3.05) is 19.6 Å². The van der Waals surface area contributed by atoms with Crippen LogP contribution in [-0.4, -0.2) is 37.5 Å². The number of carbonyl (C=O) groups excluding carboxylic acids is 2. The fourth-order valence-electron chi connectivity index (χ4n) is 6.62. The molecule has 0 aromatic rings. The van der Waals surface area contributed by atoms with Gasteiger partial charge in [-0.15, -0.1) is 0 Å². The number of hydrogen-bond acceptors (Lipinski definition) is 3. The van der Waals surface area contributed by atoms with E-state index in [0.29, 0.717) is 5.41 Å². The third kappa shape index (κ3) is 3.38. The van der Waals surface area contributed by atoms with Gasteiger partial charge in [0.2, 0.25) is 0 Å². The van der Waals surface area contributed by atoms with Crippen molar-refractivity contribution in [2.24, 2.45) is 28.6 Å². The Morgan fingerprint density at radius 3 is 2.71 bits per heavy atom. The minimum absolute atomic E-state index is 0.0323. The van der Waals surface area contributed by atoms with E-state index in [2.05, 4.69) is 27.7 Å². The lowest BCUT2D eigenvalue weighted by atomic mass is 9.61. The molecule has 2 heterocycles. The number of esters is 1. The van der Waals surface area contributed by atoms with E-state index >= 15 is 0 Å². The molecule has 0 spiro atoms. The van der Waals surface area contributed by atoms with Gasteiger partial charge in [0.15, 0.2) is 5.78 Å². The highest BCUT2D eigenvalue weighted by molar-refractivity contribution is 6.05. The quantitative estimate of drug-likeness (QED) is 0.743. The van der Waals surface area contributed by atoms with E-state index in [9.17, 15) is 9.59 Å². The topological polar surface area (TPSA) is 47.8 Å². The van der Waals surface area contributed by atoms with Crippen LogP contribution in [0.2, 0.25) is 0 Å².